The van der Waals surface area contributed by atoms with Crippen LogP contribution in [-0.4, -0.2) is 25.7 Å². The van der Waals surface area contributed by atoms with Gasteiger partial charge in [0.1, 0.15) is 6.04 Å². The Hall–Kier alpha value is -2.51. The molecule has 1 heterocycles. The maximum atomic E-state index is 9.83. The lowest BCUT2D eigenvalue weighted by atomic mass is 9.90. The van der Waals surface area contributed by atoms with Crippen molar-refractivity contribution in [3.05, 3.63) is 59.2 Å². The molecule has 2 aromatic carbocycles. The molecule has 3 rings (SSSR count). The van der Waals surface area contributed by atoms with E-state index in [-0.39, 0.29) is 12.1 Å². The van der Waals surface area contributed by atoms with E-state index in [0.717, 1.165) is 29.8 Å². The first kappa shape index (κ1) is 16.4. The first-order chi connectivity index (χ1) is 11.7. The van der Waals surface area contributed by atoms with Crippen molar-refractivity contribution >= 4 is 0 Å². The van der Waals surface area contributed by atoms with Gasteiger partial charge in [0, 0.05) is 12.6 Å². The van der Waals surface area contributed by atoms with Crippen molar-refractivity contribution in [2.75, 3.05) is 20.8 Å². The van der Waals surface area contributed by atoms with Crippen LogP contribution in [0.15, 0.2) is 42.5 Å². The topological polar surface area (TPSA) is 45.5 Å². The molecule has 0 spiro atoms. The minimum atomic E-state index is -0.288. The highest BCUT2D eigenvalue weighted by Crippen LogP contribution is 2.40. The summed E-state index contributed by atoms with van der Waals surface area (Å²) in [5.74, 6) is 1.39. The molecule has 124 valence electrons. The monoisotopic (exact) mass is 322 g/mol. The Morgan fingerprint density at radius 3 is 2.42 bits per heavy atom. The van der Waals surface area contributed by atoms with Crippen LogP contribution in [0.4, 0.5) is 0 Å². The van der Waals surface area contributed by atoms with Crippen LogP contribution in [0.25, 0.3) is 0 Å². The summed E-state index contributed by atoms with van der Waals surface area (Å²) in [6.45, 7) is 3.00. The number of rotatable bonds is 4. The second-order valence-electron chi connectivity index (χ2n) is 6.01. The Kier molecular flexibility index (Phi) is 4.73. The number of nitriles is 1. The van der Waals surface area contributed by atoms with Crippen LogP contribution in [0.1, 0.15) is 35.7 Å². The molecule has 0 unspecified atom stereocenters. The van der Waals surface area contributed by atoms with E-state index in [4.69, 9.17) is 9.47 Å². The van der Waals surface area contributed by atoms with Gasteiger partial charge in [-0.25, -0.2) is 0 Å². The molecule has 0 bridgehead atoms. The molecule has 24 heavy (non-hydrogen) atoms. The van der Waals surface area contributed by atoms with Gasteiger partial charge in [0.15, 0.2) is 11.5 Å². The van der Waals surface area contributed by atoms with E-state index >= 15 is 0 Å². The SMILES string of the molecule is COc1cc2c(cc1OC)[C@@H](C#N)N([C@H](C)c1ccccc1)CC2. The summed E-state index contributed by atoms with van der Waals surface area (Å²) in [5.41, 5.74) is 3.40. The van der Waals surface area contributed by atoms with Crippen LogP contribution in [0.3, 0.4) is 0 Å². The van der Waals surface area contributed by atoms with E-state index in [1.165, 1.54) is 5.56 Å². The lowest BCUT2D eigenvalue weighted by Crippen LogP contribution is -2.36. The number of methoxy groups -OCH3 is 2. The summed E-state index contributed by atoms with van der Waals surface area (Å²) in [4.78, 5) is 2.25. The van der Waals surface area contributed by atoms with Crippen molar-refractivity contribution in [2.45, 2.75) is 25.4 Å². The number of hydrogen-bond acceptors (Lipinski definition) is 4. The molecule has 2 aromatic rings. The third-order valence-electron chi connectivity index (χ3n) is 4.81. The second-order valence-corrected chi connectivity index (χ2v) is 6.01. The van der Waals surface area contributed by atoms with Crippen molar-refractivity contribution in [1.82, 2.24) is 4.90 Å². The molecule has 0 N–H and O–H groups in total. The highest BCUT2D eigenvalue weighted by molar-refractivity contribution is 5.50. The van der Waals surface area contributed by atoms with Crippen LogP contribution < -0.4 is 9.47 Å². The van der Waals surface area contributed by atoms with Crippen LogP contribution in [0.2, 0.25) is 0 Å². The number of fused-ring (bicyclic) bond motifs is 1. The Morgan fingerprint density at radius 1 is 1.12 bits per heavy atom. The molecule has 2 atom stereocenters. The summed E-state index contributed by atoms with van der Waals surface area (Å²) < 4.78 is 10.8. The highest BCUT2D eigenvalue weighted by atomic mass is 16.5. The van der Waals surface area contributed by atoms with Gasteiger partial charge in [0.2, 0.25) is 0 Å². The molecule has 0 aliphatic carbocycles. The Labute approximate surface area is 143 Å². The molecule has 1 aliphatic rings. The zero-order chi connectivity index (χ0) is 17.1. The molecule has 4 heteroatoms. The molecule has 0 amide bonds. The van der Waals surface area contributed by atoms with E-state index in [9.17, 15) is 5.26 Å². The summed E-state index contributed by atoms with van der Waals surface area (Å²) in [7, 11) is 3.26. The first-order valence-corrected chi connectivity index (χ1v) is 8.14. The second kappa shape index (κ2) is 6.94. The predicted octanol–water partition coefficient (Wildman–Crippen LogP) is 3.89. The number of ether oxygens (including phenoxy) is 2. The van der Waals surface area contributed by atoms with E-state index in [1.807, 2.05) is 30.3 Å². The maximum absolute atomic E-state index is 9.83. The third kappa shape index (κ3) is 2.83. The van der Waals surface area contributed by atoms with Gasteiger partial charge in [-0.05, 0) is 42.2 Å². The lowest BCUT2D eigenvalue weighted by molar-refractivity contribution is 0.165. The number of benzene rings is 2. The van der Waals surface area contributed by atoms with Crippen molar-refractivity contribution in [2.24, 2.45) is 0 Å². The van der Waals surface area contributed by atoms with Crippen LogP contribution in [0, 0.1) is 11.3 Å². The third-order valence-corrected chi connectivity index (χ3v) is 4.81. The van der Waals surface area contributed by atoms with Gasteiger partial charge < -0.3 is 9.47 Å². The van der Waals surface area contributed by atoms with Gasteiger partial charge in [0.25, 0.3) is 0 Å². The van der Waals surface area contributed by atoms with Crippen LogP contribution in [0.5, 0.6) is 11.5 Å². The molecule has 0 saturated carbocycles. The van der Waals surface area contributed by atoms with Crippen molar-refractivity contribution in [3.8, 4) is 17.6 Å². The smallest absolute Gasteiger partial charge is 0.161 e. The number of hydrogen-bond donors (Lipinski definition) is 0. The Bertz CT molecular complexity index is 752. The fraction of sp³-hybridized carbons (Fsp3) is 0.350. The minimum absolute atomic E-state index is 0.178. The Morgan fingerprint density at radius 2 is 1.79 bits per heavy atom. The van der Waals surface area contributed by atoms with Crippen molar-refractivity contribution in [1.29, 1.82) is 5.26 Å². The highest BCUT2D eigenvalue weighted by Gasteiger charge is 2.32. The van der Waals surface area contributed by atoms with E-state index in [1.54, 1.807) is 14.2 Å². The average molecular weight is 322 g/mol. The molecule has 4 nitrogen and oxygen atoms in total. The van der Waals surface area contributed by atoms with Gasteiger partial charge in [-0.2, -0.15) is 5.26 Å². The zero-order valence-corrected chi connectivity index (χ0v) is 14.3. The van der Waals surface area contributed by atoms with Gasteiger partial charge in [-0.15, -0.1) is 0 Å². The summed E-state index contributed by atoms with van der Waals surface area (Å²) in [6, 6.07) is 16.6. The van der Waals surface area contributed by atoms with Gasteiger partial charge in [-0.3, -0.25) is 4.90 Å². The summed E-state index contributed by atoms with van der Waals surface area (Å²) in [6.07, 6.45) is 0.894. The van der Waals surface area contributed by atoms with E-state index < -0.39 is 0 Å². The van der Waals surface area contributed by atoms with Crippen molar-refractivity contribution < 1.29 is 9.47 Å². The summed E-state index contributed by atoms with van der Waals surface area (Å²) >= 11 is 0. The fourth-order valence-corrected chi connectivity index (χ4v) is 3.45. The fourth-order valence-electron chi connectivity index (χ4n) is 3.45. The molecule has 0 radical (unpaired) electrons. The molecular formula is C20H22N2O2. The van der Waals surface area contributed by atoms with E-state index in [0.29, 0.717) is 5.75 Å². The standard InChI is InChI=1S/C20H22N2O2/c1-14(15-7-5-4-6-8-15)22-10-9-16-11-19(23-2)20(24-3)12-17(16)18(22)13-21/h4-8,11-12,14,18H,9-10H2,1-3H3/t14-,18-/m1/s1. The largest absolute Gasteiger partial charge is 0.493 e. The van der Waals surface area contributed by atoms with Crippen LogP contribution in [-0.2, 0) is 6.42 Å². The Balaban J connectivity index is 1.99. The van der Waals surface area contributed by atoms with Crippen LogP contribution >= 0.6 is 0 Å². The molecular weight excluding hydrogens is 300 g/mol. The molecule has 0 aromatic heterocycles. The normalized spacial score (nSPS) is 18.3. The zero-order valence-electron chi connectivity index (χ0n) is 14.3. The van der Waals surface area contributed by atoms with Gasteiger partial charge in [0.05, 0.1) is 20.3 Å². The molecule has 0 saturated heterocycles. The maximum Gasteiger partial charge on any atom is 0.161 e. The number of nitrogens with zero attached hydrogens (tertiary/aromatic N) is 2. The molecule has 1 aliphatic heterocycles. The minimum Gasteiger partial charge on any atom is -0.493 e. The van der Waals surface area contributed by atoms with Crippen molar-refractivity contribution in [3.63, 3.8) is 0 Å². The average Bonchev–Trinajstić information content (AvgIpc) is 2.65. The molecule has 0 fully saturated rings. The summed E-state index contributed by atoms with van der Waals surface area (Å²) in [5, 5.41) is 9.83. The lowest BCUT2D eigenvalue weighted by Gasteiger charge is -2.38. The van der Waals surface area contributed by atoms with E-state index in [2.05, 4.69) is 30.0 Å². The van der Waals surface area contributed by atoms with Gasteiger partial charge in [-0.1, -0.05) is 30.3 Å². The first-order valence-electron chi connectivity index (χ1n) is 8.14. The van der Waals surface area contributed by atoms with Gasteiger partial charge >= 0.3 is 0 Å². The quantitative estimate of drug-likeness (QED) is 0.857. The predicted molar refractivity (Wildman–Crippen MR) is 93.2 cm³/mol.